The van der Waals surface area contributed by atoms with Gasteiger partial charge in [-0.1, -0.05) is 39.7 Å². The van der Waals surface area contributed by atoms with Gasteiger partial charge in [0.25, 0.3) is 0 Å². The lowest BCUT2D eigenvalue weighted by Gasteiger charge is -2.19. The zero-order chi connectivity index (χ0) is 13.8. The van der Waals surface area contributed by atoms with E-state index in [1.54, 1.807) is 13.2 Å². The molecule has 1 aromatic carbocycles. The number of nitrogens with one attached hydrogen (secondary N) is 1. The van der Waals surface area contributed by atoms with Crippen LogP contribution in [0.2, 0.25) is 5.02 Å². The number of halogens is 2. The van der Waals surface area contributed by atoms with E-state index in [-0.39, 0.29) is 0 Å². The number of aromatic nitrogens is 2. The summed E-state index contributed by atoms with van der Waals surface area (Å²) in [4.78, 5) is 10.4. The summed E-state index contributed by atoms with van der Waals surface area (Å²) in [5, 5.41) is 3.45. The highest BCUT2D eigenvalue weighted by Gasteiger charge is 2.10. The summed E-state index contributed by atoms with van der Waals surface area (Å²) in [6.07, 6.45) is 1.60. The van der Waals surface area contributed by atoms with Gasteiger partial charge in [-0.3, -0.25) is 0 Å². The molecule has 0 aliphatic heterocycles. The molecular weight excluding hydrogens is 328 g/mol. The summed E-state index contributed by atoms with van der Waals surface area (Å²) < 4.78 is 1.07. The number of hydrogen-bond donors (Lipinski definition) is 1. The SMILES string of the molecule is CNc1ncc(Cl)c(N(C)Cc2ccc(Br)cc2)n1. The molecule has 0 fully saturated rings. The minimum Gasteiger partial charge on any atom is -0.357 e. The molecule has 0 saturated heterocycles. The van der Waals surface area contributed by atoms with Gasteiger partial charge in [-0.05, 0) is 17.7 Å². The second-order valence-corrected chi connectivity index (χ2v) is 5.42. The second kappa shape index (κ2) is 6.21. The fraction of sp³-hybridized carbons (Fsp3) is 0.231. The molecule has 100 valence electrons. The molecule has 2 aromatic rings. The molecule has 0 aliphatic rings. The molecule has 4 nitrogen and oxygen atoms in total. The van der Waals surface area contributed by atoms with Crippen LogP contribution in [0, 0.1) is 0 Å². The number of rotatable bonds is 4. The molecule has 0 radical (unpaired) electrons. The molecule has 0 unspecified atom stereocenters. The van der Waals surface area contributed by atoms with Crippen LogP contribution < -0.4 is 10.2 Å². The van der Waals surface area contributed by atoms with Crippen LogP contribution in [-0.2, 0) is 6.54 Å². The largest absolute Gasteiger partial charge is 0.357 e. The lowest BCUT2D eigenvalue weighted by atomic mass is 10.2. The monoisotopic (exact) mass is 340 g/mol. The van der Waals surface area contributed by atoms with Gasteiger partial charge in [-0.2, -0.15) is 4.98 Å². The van der Waals surface area contributed by atoms with E-state index in [4.69, 9.17) is 11.6 Å². The van der Waals surface area contributed by atoms with Crippen molar-refractivity contribution in [3.63, 3.8) is 0 Å². The maximum Gasteiger partial charge on any atom is 0.224 e. The average molecular weight is 342 g/mol. The maximum atomic E-state index is 6.14. The van der Waals surface area contributed by atoms with Crippen molar-refractivity contribution < 1.29 is 0 Å². The van der Waals surface area contributed by atoms with E-state index in [9.17, 15) is 0 Å². The zero-order valence-electron chi connectivity index (χ0n) is 10.7. The van der Waals surface area contributed by atoms with Crippen molar-refractivity contribution in [3.8, 4) is 0 Å². The summed E-state index contributed by atoms with van der Waals surface area (Å²) in [6, 6.07) is 8.16. The quantitative estimate of drug-likeness (QED) is 0.923. The molecule has 0 bridgehead atoms. The summed E-state index contributed by atoms with van der Waals surface area (Å²) in [5.74, 6) is 1.27. The third-order valence-electron chi connectivity index (χ3n) is 2.64. The Labute approximate surface area is 126 Å². The van der Waals surface area contributed by atoms with Gasteiger partial charge in [0, 0.05) is 25.1 Å². The van der Waals surface area contributed by atoms with Gasteiger partial charge >= 0.3 is 0 Å². The molecule has 2 rings (SSSR count). The Morgan fingerprint density at radius 1 is 1.32 bits per heavy atom. The van der Waals surface area contributed by atoms with Gasteiger partial charge in [0.1, 0.15) is 5.02 Å². The van der Waals surface area contributed by atoms with Gasteiger partial charge in [-0.15, -0.1) is 0 Å². The molecule has 19 heavy (non-hydrogen) atoms. The zero-order valence-corrected chi connectivity index (χ0v) is 13.0. The number of benzene rings is 1. The highest BCUT2D eigenvalue weighted by atomic mass is 79.9. The van der Waals surface area contributed by atoms with Crippen molar-refractivity contribution in [1.82, 2.24) is 9.97 Å². The molecule has 0 saturated carbocycles. The molecule has 0 aliphatic carbocycles. The van der Waals surface area contributed by atoms with E-state index in [1.165, 1.54) is 5.56 Å². The fourth-order valence-corrected chi connectivity index (χ4v) is 2.18. The summed E-state index contributed by atoms with van der Waals surface area (Å²) >= 11 is 9.56. The van der Waals surface area contributed by atoms with E-state index >= 15 is 0 Å². The van der Waals surface area contributed by atoms with Crippen LogP contribution in [-0.4, -0.2) is 24.1 Å². The summed E-state index contributed by atoms with van der Waals surface area (Å²) in [7, 11) is 3.73. The molecule has 1 aromatic heterocycles. The Kier molecular flexibility index (Phi) is 4.61. The third kappa shape index (κ3) is 3.58. The van der Waals surface area contributed by atoms with Gasteiger partial charge in [0.2, 0.25) is 5.95 Å². The van der Waals surface area contributed by atoms with E-state index in [2.05, 4.69) is 43.3 Å². The van der Waals surface area contributed by atoms with Gasteiger partial charge < -0.3 is 10.2 Å². The lowest BCUT2D eigenvalue weighted by Crippen LogP contribution is -2.18. The minimum atomic E-state index is 0.540. The second-order valence-electron chi connectivity index (χ2n) is 4.10. The average Bonchev–Trinajstić information content (AvgIpc) is 2.42. The molecular formula is C13H14BrClN4. The molecule has 1 N–H and O–H groups in total. The first-order valence-electron chi connectivity index (χ1n) is 5.76. The van der Waals surface area contributed by atoms with Crippen molar-refractivity contribution in [2.45, 2.75) is 6.54 Å². The van der Waals surface area contributed by atoms with Gasteiger partial charge in [0.15, 0.2) is 5.82 Å². The van der Waals surface area contributed by atoms with Crippen molar-refractivity contribution in [2.75, 3.05) is 24.3 Å². The normalized spacial score (nSPS) is 10.3. The standard InChI is InChI=1S/C13H14BrClN4/c1-16-13-17-7-11(15)12(18-13)19(2)8-9-3-5-10(14)6-4-9/h3-7H,8H2,1-2H3,(H,16,17,18). The van der Waals surface area contributed by atoms with Crippen LogP contribution in [0.15, 0.2) is 34.9 Å². The molecule has 0 spiro atoms. The van der Waals surface area contributed by atoms with Crippen LogP contribution >= 0.6 is 27.5 Å². The Bertz CT molecular complexity index is 559. The van der Waals surface area contributed by atoms with Crippen molar-refractivity contribution >= 4 is 39.3 Å². The van der Waals surface area contributed by atoms with Crippen LogP contribution in [0.4, 0.5) is 11.8 Å². The smallest absolute Gasteiger partial charge is 0.224 e. The number of nitrogens with zero attached hydrogens (tertiary/aromatic N) is 3. The fourth-order valence-electron chi connectivity index (χ4n) is 1.68. The van der Waals surface area contributed by atoms with Gasteiger partial charge in [0.05, 0.1) is 6.20 Å². The first kappa shape index (κ1) is 14.1. The Hall–Kier alpha value is -1.33. The topological polar surface area (TPSA) is 41.1 Å². The Balaban J connectivity index is 2.19. The number of anilines is 2. The first-order chi connectivity index (χ1) is 9.10. The van der Waals surface area contributed by atoms with Crippen LogP contribution in [0.1, 0.15) is 5.56 Å². The Morgan fingerprint density at radius 3 is 2.63 bits per heavy atom. The summed E-state index contributed by atoms with van der Waals surface area (Å²) in [6.45, 7) is 0.729. The first-order valence-corrected chi connectivity index (χ1v) is 6.93. The lowest BCUT2D eigenvalue weighted by molar-refractivity contribution is 0.892. The minimum absolute atomic E-state index is 0.540. The molecule has 0 atom stereocenters. The predicted octanol–water partition coefficient (Wildman–Crippen LogP) is 3.57. The highest BCUT2D eigenvalue weighted by Crippen LogP contribution is 2.24. The van der Waals surface area contributed by atoms with Crippen LogP contribution in [0.5, 0.6) is 0 Å². The Morgan fingerprint density at radius 2 is 2.00 bits per heavy atom. The third-order valence-corrected chi connectivity index (χ3v) is 3.44. The van der Waals surface area contributed by atoms with Crippen LogP contribution in [0.3, 0.4) is 0 Å². The van der Waals surface area contributed by atoms with Crippen molar-refractivity contribution in [3.05, 3.63) is 45.5 Å². The summed E-state index contributed by atoms with van der Waals surface area (Å²) in [5.41, 5.74) is 1.19. The van der Waals surface area contributed by atoms with Gasteiger partial charge in [-0.25, -0.2) is 4.98 Å². The molecule has 0 amide bonds. The number of hydrogen-bond acceptors (Lipinski definition) is 4. The van der Waals surface area contributed by atoms with E-state index < -0.39 is 0 Å². The molecule has 1 heterocycles. The predicted molar refractivity (Wildman–Crippen MR) is 82.8 cm³/mol. The van der Waals surface area contributed by atoms with E-state index in [0.29, 0.717) is 16.8 Å². The van der Waals surface area contributed by atoms with Crippen LogP contribution in [0.25, 0.3) is 0 Å². The van der Waals surface area contributed by atoms with Crippen molar-refractivity contribution in [2.24, 2.45) is 0 Å². The van der Waals surface area contributed by atoms with Crippen molar-refractivity contribution in [1.29, 1.82) is 0 Å². The van der Waals surface area contributed by atoms with E-state index in [1.807, 2.05) is 24.1 Å². The maximum absolute atomic E-state index is 6.14. The molecule has 6 heteroatoms. The highest BCUT2D eigenvalue weighted by molar-refractivity contribution is 9.10. The van der Waals surface area contributed by atoms with E-state index in [0.717, 1.165) is 11.0 Å².